The molecule has 0 aromatic carbocycles. The molecular formula is C5H5BrO2. The summed E-state index contributed by atoms with van der Waals surface area (Å²) in [5, 5.41) is 0. The van der Waals surface area contributed by atoms with Crippen LogP contribution in [0.15, 0.2) is 10.7 Å². The van der Waals surface area contributed by atoms with Crippen molar-refractivity contribution in [1.82, 2.24) is 0 Å². The molecule has 0 atom stereocenters. The van der Waals surface area contributed by atoms with Crippen molar-refractivity contribution in [3.63, 3.8) is 0 Å². The molecule has 1 aliphatic rings. The SMILES string of the molecule is O=C1CCC(=CBr)O1. The van der Waals surface area contributed by atoms with E-state index in [1.807, 2.05) is 0 Å². The number of carbonyl (C=O) groups is 1. The van der Waals surface area contributed by atoms with E-state index in [4.69, 9.17) is 0 Å². The average Bonchev–Trinajstić information content (AvgIpc) is 2.14. The Hall–Kier alpha value is -0.310. The van der Waals surface area contributed by atoms with Crippen LogP contribution in [0, 0.1) is 0 Å². The zero-order valence-electron chi connectivity index (χ0n) is 4.19. The number of hydrogen-bond acceptors (Lipinski definition) is 2. The van der Waals surface area contributed by atoms with Crippen LogP contribution in [0.4, 0.5) is 0 Å². The maximum atomic E-state index is 10.3. The number of ether oxygens (including phenoxy) is 1. The zero-order chi connectivity index (χ0) is 5.98. The standard InChI is InChI=1S/C5H5BrO2/c6-3-4-1-2-5(7)8-4/h3H,1-2H2. The van der Waals surface area contributed by atoms with Crippen LogP contribution in [0.2, 0.25) is 0 Å². The van der Waals surface area contributed by atoms with Crippen molar-refractivity contribution in [2.45, 2.75) is 12.8 Å². The summed E-state index contributed by atoms with van der Waals surface area (Å²) >= 11 is 3.06. The van der Waals surface area contributed by atoms with Gasteiger partial charge in [-0.25, -0.2) is 0 Å². The summed E-state index contributed by atoms with van der Waals surface area (Å²) in [6.45, 7) is 0. The van der Waals surface area contributed by atoms with Crippen LogP contribution in [0.1, 0.15) is 12.8 Å². The first-order valence-corrected chi connectivity index (χ1v) is 3.24. The van der Waals surface area contributed by atoms with E-state index in [1.54, 1.807) is 4.99 Å². The van der Waals surface area contributed by atoms with Crippen LogP contribution in [0.25, 0.3) is 0 Å². The fourth-order valence-electron chi connectivity index (χ4n) is 0.550. The van der Waals surface area contributed by atoms with E-state index in [-0.39, 0.29) is 5.97 Å². The third-order valence-corrected chi connectivity index (χ3v) is 1.45. The van der Waals surface area contributed by atoms with E-state index in [0.29, 0.717) is 6.42 Å². The van der Waals surface area contributed by atoms with Gasteiger partial charge in [0, 0.05) is 11.4 Å². The molecule has 0 N–H and O–H groups in total. The van der Waals surface area contributed by atoms with Gasteiger partial charge in [-0.05, 0) is 0 Å². The molecule has 3 heteroatoms. The molecule has 0 aromatic rings. The Bertz CT molecular complexity index is 139. The first-order chi connectivity index (χ1) is 3.83. The second kappa shape index (κ2) is 2.31. The van der Waals surface area contributed by atoms with Gasteiger partial charge in [-0.15, -0.1) is 0 Å². The van der Waals surface area contributed by atoms with Gasteiger partial charge in [0.15, 0.2) is 0 Å². The molecule has 0 spiro atoms. The molecule has 0 aromatic heterocycles. The van der Waals surface area contributed by atoms with Crippen molar-refractivity contribution >= 4 is 21.9 Å². The largest absolute Gasteiger partial charge is 0.430 e. The molecule has 1 fully saturated rings. The highest BCUT2D eigenvalue weighted by atomic mass is 79.9. The average molecular weight is 177 g/mol. The second-order valence-corrected chi connectivity index (χ2v) is 2.01. The summed E-state index contributed by atoms with van der Waals surface area (Å²) in [4.78, 5) is 12.0. The van der Waals surface area contributed by atoms with Crippen molar-refractivity contribution in [2.24, 2.45) is 0 Å². The summed E-state index contributed by atoms with van der Waals surface area (Å²) in [6.07, 6.45) is 1.27. The molecule has 1 aliphatic heterocycles. The highest BCUT2D eigenvalue weighted by Gasteiger charge is 2.15. The van der Waals surface area contributed by atoms with Crippen LogP contribution in [0.3, 0.4) is 0 Å². The summed E-state index contributed by atoms with van der Waals surface area (Å²) in [5.74, 6) is 0.603. The van der Waals surface area contributed by atoms with Crippen LogP contribution in [-0.2, 0) is 9.53 Å². The van der Waals surface area contributed by atoms with E-state index in [2.05, 4.69) is 20.7 Å². The second-order valence-electron chi connectivity index (χ2n) is 1.55. The van der Waals surface area contributed by atoms with Crippen molar-refractivity contribution < 1.29 is 9.53 Å². The van der Waals surface area contributed by atoms with E-state index < -0.39 is 0 Å². The van der Waals surface area contributed by atoms with Crippen molar-refractivity contribution in [3.8, 4) is 0 Å². The summed E-state index contributed by atoms with van der Waals surface area (Å²) in [7, 11) is 0. The maximum absolute atomic E-state index is 10.3. The quantitative estimate of drug-likeness (QED) is 0.524. The zero-order valence-corrected chi connectivity index (χ0v) is 5.77. The Labute approximate surface area is 55.6 Å². The van der Waals surface area contributed by atoms with E-state index in [0.717, 1.165) is 12.2 Å². The number of hydrogen-bond donors (Lipinski definition) is 0. The lowest BCUT2D eigenvalue weighted by molar-refractivity contribution is -0.135. The van der Waals surface area contributed by atoms with Crippen LogP contribution >= 0.6 is 15.9 Å². The van der Waals surface area contributed by atoms with Crippen LogP contribution < -0.4 is 0 Å². The Morgan fingerprint density at radius 1 is 1.62 bits per heavy atom. The predicted octanol–water partition coefficient (Wildman–Crippen LogP) is 1.56. The molecule has 1 rings (SSSR count). The monoisotopic (exact) mass is 176 g/mol. The third-order valence-electron chi connectivity index (χ3n) is 0.942. The lowest BCUT2D eigenvalue weighted by atomic mass is 10.3. The fourth-order valence-corrected chi connectivity index (χ4v) is 0.873. The summed E-state index contributed by atoms with van der Waals surface area (Å²) < 4.78 is 4.69. The molecule has 0 radical (unpaired) electrons. The molecule has 0 unspecified atom stereocenters. The van der Waals surface area contributed by atoms with Crippen molar-refractivity contribution in [3.05, 3.63) is 10.7 Å². The van der Waals surface area contributed by atoms with Gasteiger partial charge in [-0.2, -0.15) is 0 Å². The van der Waals surface area contributed by atoms with Gasteiger partial charge in [0.2, 0.25) is 0 Å². The first-order valence-electron chi connectivity index (χ1n) is 2.33. The summed E-state index contributed by atoms with van der Waals surface area (Å²) in [5.41, 5.74) is 0. The molecule has 1 saturated heterocycles. The highest BCUT2D eigenvalue weighted by Crippen LogP contribution is 2.17. The Morgan fingerprint density at radius 3 is 2.62 bits per heavy atom. The van der Waals surface area contributed by atoms with Gasteiger partial charge in [0.05, 0.1) is 6.42 Å². The van der Waals surface area contributed by atoms with Crippen LogP contribution in [0.5, 0.6) is 0 Å². The van der Waals surface area contributed by atoms with Crippen LogP contribution in [-0.4, -0.2) is 5.97 Å². The molecule has 8 heavy (non-hydrogen) atoms. The molecule has 0 saturated carbocycles. The predicted molar refractivity (Wildman–Crippen MR) is 32.3 cm³/mol. The topological polar surface area (TPSA) is 26.3 Å². The van der Waals surface area contributed by atoms with Gasteiger partial charge < -0.3 is 4.74 Å². The molecule has 0 aliphatic carbocycles. The summed E-state index contributed by atoms with van der Waals surface area (Å²) in [6, 6.07) is 0. The molecule has 0 bridgehead atoms. The lowest BCUT2D eigenvalue weighted by Crippen LogP contribution is -1.88. The number of rotatable bonds is 0. The van der Waals surface area contributed by atoms with E-state index in [1.165, 1.54) is 0 Å². The van der Waals surface area contributed by atoms with Gasteiger partial charge >= 0.3 is 5.97 Å². The van der Waals surface area contributed by atoms with E-state index >= 15 is 0 Å². The Morgan fingerprint density at radius 2 is 2.38 bits per heavy atom. The van der Waals surface area contributed by atoms with E-state index in [9.17, 15) is 4.79 Å². The fraction of sp³-hybridized carbons (Fsp3) is 0.400. The number of allylic oxidation sites excluding steroid dienone is 1. The van der Waals surface area contributed by atoms with Gasteiger partial charge in [0.25, 0.3) is 0 Å². The molecule has 1 heterocycles. The minimum Gasteiger partial charge on any atom is -0.430 e. The molecule has 44 valence electrons. The number of esters is 1. The number of halogens is 1. The van der Waals surface area contributed by atoms with Crippen molar-refractivity contribution in [2.75, 3.05) is 0 Å². The number of cyclic esters (lactones) is 1. The first kappa shape index (κ1) is 5.82. The molecule has 2 nitrogen and oxygen atoms in total. The molecule has 0 amide bonds. The number of carbonyl (C=O) groups excluding carboxylic acids is 1. The Kier molecular flexibility index (Phi) is 1.68. The van der Waals surface area contributed by atoms with Gasteiger partial charge in [-0.3, -0.25) is 4.79 Å². The minimum atomic E-state index is -0.129. The third kappa shape index (κ3) is 1.10. The smallest absolute Gasteiger partial charge is 0.311 e. The maximum Gasteiger partial charge on any atom is 0.311 e. The normalized spacial score (nSPS) is 24.1. The Balaban J connectivity index is 2.56. The van der Waals surface area contributed by atoms with Gasteiger partial charge in [-0.1, -0.05) is 15.9 Å². The van der Waals surface area contributed by atoms with Gasteiger partial charge in [0.1, 0.15) is 5.76 Å². The van der Waals surface area contributed by atoms with Crippen molar-refractivity contribution in [1.29, 1.82) is 0 Å². The molecular weight excluding hydrogens is 172 g/mol. The lowest BCUT2D eigenvalue weighted by Gasteiger charge is -1.88. The highest BCUT2D eigenvalue weighted by molar-refractivity contribution is 9.11. The minimum absolute atomic E-state index is 0.129.